The van der Waals surface area contributed by atoms with Gasteiger partial charge in [-0.2, -0.15) is 0 Å². The van der Waals surface area contributed by atoms with Crippen LogP contribution in [0.1, 0.15) is 46.7 Å². The van der Waals surface area contributed by atoms with Crippen LogP contribution >= 0.6 is 0 Å². The van der Waals surface area contributed by atoms with Gasteiger partial charge in [-0.25, -0.2) is 9.97 Å². The maximum atomic E-state index is 13.1. The first kappa shape index (κ1) is 17.1. The molecule has 0 aliphatic carbocycles. The van der Waals surface area contributed by atoms with E-state index in [0.717, 1.165) is 34.3 Å². The van der Waals surface area contributed by atoms with E-state index < -0.39 is 0 Å². The van der Waals surface area contributed by atoms with E-state index in [1.807, 2.05) is 67.9 Å². The summed E-state index contributed by atoms with van der Waals surface area (Å²) in [5.41, 5.74) is 4.20. The zero-order valence-corrected chi connectivity index (χ0v) is 15.6. The molecule has 6 nitrogen and oxygen atoms in total. The number of carbonyl (C=O) groups is 1. The van der Waals surface area contributed by atoms with Crippen molar-refractivity contribution < 1.29 is 4.79 Å². The van der Waals surface area contributed by atoms with Gasteiger partial charge >= 0.3 is 0 Å². The lowest BCUT2D eigenvalue weighted by Crippen LogP contribution is -2.28. The first-order valence-electron chi connectivity index (χ1n) is 9.04. The summed E-state index contributed by atoms with van der Waals surface area (Å²) >= 11 is 0. The van der Waals surface area contributed by atoms with Gasteiger partial charge < -0.3 is 5.32 Å². The Morgan fingerprint density at radius 1 is 1.22 bits per heavy atom. The zero-order valence-electron chi connectivity index (χ0n) is 15.6. The number of para-hydroxylation sites is 1. The van der Waals surface area contributed by atoms with E-state index in [2.05, 4.69) is 20.3 Å². The van der Waals surface area contributed by atoms with Crippen molar-refractivity contribution in [3.8, 4) is 0 Å². The minimum atomic E-state index is -0.187. The maximum absolute atomic E-state index is 13.1. The van der Waals surface area contributed by atoms with Crippen LogP contribution in [0, 0.1) is 13.8 Å². The van der Waals surface area contributed by atoms with Crippen LogP contribution in [0.4, 0.5) is 0 Å². The van der Waals surface area contributed by atoms with Crippen molar-refractivity contribution in [2.45, 2.75) is 33.2 Å². The molecule has 0 spiro atoms. The summed E-state index contributed by atoms with van der Waals surface area (Å²) in [4.78, 5) is 26.5. The third-order valence-corrected chi connectivity index (χ3v) is 4.74. The van der Waals surface area contributed by atoms with Crippen LogP contribution < -0.4 is 5.32 Å². The first-order valence-corrected chi connectivity index (χ1v) is 9.04. The number of benzene rings is 1. The van der Waals surface area contributed by atoms with Crippen LogP contribution in [0.2, 0.25) is 0 Å². The molecule has 0 aliphatic heterocycles. The van der Waals surface area contributed by atoms with E-state index in [9.17, 15) is 4.79 Å². The maximum Gasteiger partial charge on any atom is 0.252 e. The lowest BCUT2D eigenvalue weighted by atomic mass is 10.0. The second kappa shape index (κ2) is 6.79. The van der Waals surface area contributed by atoms with Crippen LogP contribution in [-0.4, -0.2) is 25.3 Å². The summed E-state index contributed by atoms with van der Waals surface area (Å²) in [6, 6.07) is 9.42. The fourth-order valence-corrected chi connectivity index (χ4v) is 3.35. The number of fused-ring (bicyclic) bond motifs is 2. The van der Waals surface area contributed by atoms with Crippen LogP contribution in [0.15, 0.2) is 48.9 Å². The number of nitrogens with zero attached hydrogens (tertiary/aromatic N) is 4. The number of hydrogen-bond donors (Lipinski definition) is 1. The molecule has 0 unspecified atom stereocenters. The van der Waals surface area contributed by atoms with E-state index in [0.29, 0.717) is 11.3 Å². The number of hydrogen-bond acceptors (Lipinski definition) is 4. The van der Waals surface area contributed by atoms with E-state index in [1.54, 1.807) is 6.20 Å². The molecule has 1 N–H and O–H groups in total. The smallest absolute Gasteiger partial charge is 0.252 e. The number of aromatic nitrogens is 4. The quantitative estimate of drug-likeness (QED) is 0.602. The molecule has 0 bridgehead atoms. The molecular weight excluding hydrogens is 338 g/mol. The van der Waals surface area contributed by atoms with Gasteiger partial charge in [-0.15, -0.1) is 0 Å². The standard InChI is InChI=1S/C21H21N5O/c1-4-17(18-12-26-10-6-9-22-21(26)25-18)24-20(27)16-11-14(3)23-19-13(2)7-5-8-15(16)19/h5-12,17H,4H2,1-3H3,(H,24,27)/t17-/m1/s1. The van der Waals surface area contributed by atoms with Crippen molar-refractivity contribution in [3.05, 3.63) is 71.4 Å². The van der Waals surface area contributed by atoms with Gasteiger partial charge in [0.25, 0.3) is 5.91 Å². The average molecular weight is 359 g/mol. The van der Waals surface area contributed by atoms with E-state index >= 15 is 0 Å². The Balaban J connectivity index is 1.70. The highest BCUT2D eigenvalue weighted by Gasteiger charge is 2.19. The van der Waals surface area contributed by atoms with Gasteiger partial charge in [-0.05, 0) is 38.0 Å². The number of pyridine rings is 1. The van der Waals surface area contributed by atoms with Crippen molar-refractivity contribution in [1.82, 2.24) is 24.7 Å². The Kier molecular flexibility index (Phi) is 4.32. The Labute approximate surface area is 157 Å². The molecule has 3 heterocycles. The molecule has 1 amide bonds. The van der Waals surface area contributed by atoms with Crippen LogP contribution in [0.25, 0.3) is 16.7 Å². The molecule has 1 aromatic carbocycles. The fourth-order valence-electron chi connectivity index (χ4n) is 3.35. The highest BCUT2D eigenvalue weighted by atomic mass is 16.1. The van der Waals surface area contributed by atoms with Gasteiger partial charge in [0, 0.05) is 29.7 Å². The van der Waals surface area contributed by atoms with Crippen molar-refractivity contribution in [2.24, 2.45) is 0 Å². The molecule has 6 heteroatoms. The van der Waals surface area contributed by atoms with Crippen molar-refractivity contribution in [2.75, 3.05) is 0 Å². The number of aryl methyl sites for hydroxylation is 2. The van der Waals surface area contributed by atoms with E-state index in [4.69, 9.17) is 0 Å². The molecule has 27 heavy (non-hydrogen) atoms. The van der Waals surface area contributed by atoms with Crippen molar-refractivity contribution in [3.63, 3.8) is 0 Å². The fraction of sp³-hybridized carbons (Fsp3) is 0.238. The molecule has 0 radical (unpaired) electrons. The molecule has 136 valence electrons. The number of carbonyl (C=O) groups excluding carboxylic acids is 1. The third kappa shape index (κ3) is 3.14. The summed E-state index contributed by atoms with van der Waals surface area (Å²) in [5.74, 6) is 0.508. The summed E-state index contributed by atoms with van der Waals surface area (Å²) in [7, 11) is 0. The first-order chi connectivity index (χ1) is 13.1. The highest BCUT2D eigenvalue weighted by molar-refractivity contribution is 6.06. The van der Waals surface area contributed by atoms with E-state index in [1.165, 1.54) is 0 Å². The number of nitrogens with one attached hydrogen (secondary N) is 1. The molecule has 3 aromatic heterocycles. The Hall–Kier alpha value is -3.28. The molecule has 0 fully saturated rings. The molecule has 0 saturated carbocycles. The molecule has 4 aromatic rings. The van der Waals surface area contributed by atoms with Crippen LogP contribution in [-0.2, 0) is 0 Å². The summed E-state index contributed by atoms with van der Waals surface area (Å²) in [6.07, 6.45) is 6.25. The van der Waals surface area contributed by atoms with Gasteiger partial charge in [0.05, 0.1) is 22.8 Å². The second-order valence-corrected chi connectivity index (χ2v) is 6.71. The van der Waals surface area contributed by atoms with Crippen molar-refractivity contribution >= 4 is 22.6 Å². The average Bonchev–Trinajstić information content (AvgIpc) is 3.10. The predicted molar refractivity (Wildman–Crippen MR) is 105 cm³/mol. The number of rotatable bonds is 4. The topological polar surface area (TPSA) is 72.2 Å². The molecule has 0 aliphatic rings. The molecule has 0 saturated heterocycles. The second-order valence-electron chi connectivity index (χ2n) is 6.71. The molecular formula is C21H21N5O. The van der Waals surface area contributed by atoms with Crippen molar-refractivity contribution in [1.29, 1.82) is 0 Å². The minimum absolute atomic E-state index is 0.118. The largest absolute Gasteiger partial charge is 0.344 e. The minimum Gasteiger partial charge on any atom is -0.344 e. The lowest BCUT2D eigenvalue weighted by Gasteiger charge is -2.16. The van der Waals surface area contributed by atoms with Crippen LogP contribution in [0.3, 0.4) is 0 Å². The number of amides is 1. The normalized spacial score (nSPS) is 12.4. The van der Waals surface area contributed by atoms with Crippen LogP contribution in [0.5, 0.6) is 0 Å². The zero-order chi connectivity index (χ0) is 19.0. The lowest BCUT2D eigenvalue weighted by molar-refractivity contribution is 0.0936. The SMILES string of the molecule is CC[C@@H](NC(=O)c1cc(C)nc2c(C)cccc12)c1cn2cccnc2n1. The van der Waals surface area contributed by atoms with Gasteiger partial charge in [-0.1, -0.05) is 25.1 Å². The summed E-state index contributed by atoms with van der Waals surface area (Å²) in [6.45, 7) is 5.95. The molecule has 4 rings (SSSR count). The Morgan fingerprint density at radius 3 is 2.85 bits per heavy atom. The third-order valence-electron chi connectivity index (χ3n) is 4.74. The summed E-state index contributed by atoms with van der Waals surface area (Å²) < 4.78 is 1.86. The Morgan fingerprint density at radius 2 is 2.07 bits per heavy atom. The van der Waals surface area contributed by atoms with Gasteiger partial charge in [0.2, 0.25) is 5.78 Å². The van der Waals surface area contributed by atoms with Gasteiger partial charge in [0.1, 0.15) is 0 Å². The van der Waals surface area contributed by atoms with E-state index in [-0.39, 0.29) is 11.9 Å². The summed E-state index contributed by atoms with van der Waals surface area (Å²) in [5, 5.41) is 3.99. The van der Waals surface area contributed by atoms with Gasteiger partial charge in [-0.3, -0.25) is 14.2 Å². The monoisotopic (exact) mass is 359 g/mol. The Bertz CT molecular complexity index is 1110. The highest BCUT2D eigenvalue weighted by Crippen LogP contribution is 2.23. The molecule has 1 atom stereocenters. The predicted octanol–water partition coefficient (Wildman–Crippen LogP) is 3.78. The number of imidazole rings is 1. The van der Waals surface area contributed by atoms with Gasteiger partial charge in [0.15, 0.2) is 0 Å².